The molecule has 2 nitrogen and oxygen atoms in total. The maximum absolute atomic E-state index is 5.85. The van der Waals surface area contributed by atoms with E-state index in [4.69, 9.17) is 4.74 Å². The summed E-state index contributed by atoms with van der Waals surface area (Å²) in [5.74, 6) is 0.668. The second kappa shape index (κ2) is 7.36. The van der Waals surface area contributed by atoms with Crippen LogP contribution in [0.5, 0.6) is 0 Å². The normalized spacial score (nSPS) is 24.7. The predicted molar refractivity (Wildman–Crippen MR) is 99.2 cm³/mol. The van der Waals surface area contributed by atoms with Gasteiger partial charge in [0.15, 0.2) is 0 Å². The Morgan fingerprint density at radius 1 is 1.17 bits per heavy atom. The molecule has 0 aliphatic carbocycles. The van der Waals surface area contributed by atoms with Gasteiger partial charge in [-0.05, 0) is 55.2 Å². The van der Waals surface area contributed by atoms with Crippen molar-refractivity contribution in [2.75, 3.05) is 19.6 Å². The Balaban J connectivity index is 2.02. The summed E-state index contributed by atoms with van der Waals surface area (Å²) in [6.07, 6.45) is 1.88. The molecule has 1 saturated heterocycles. The highest BCUT2D eigenvalue weighted by molar-refractivity contribution is 5.38. The first-order valence-electron chi connectivity index (χ1n) is 9.13. The summed E-state index contributed by atoms with van der Waals surface area (Å²) in [5, 5.41) is 0. The first kappa shape index (κ1) is 18.5. The number of hydrogen-bond donors (Lipinski definition) is 0. The van der Waals surface area contributed by atoms with Crippen LogP contribution in [0.15, 0.2) is 18.2 Å². The Bertz CT molecular complexity index is 507. The van der Waals surface area contributed by atoms with Gasteiger partial charge in [0.1, 0.15) is 0 Å². The minimum Gasteiger partial charge on any atom is -0.373 e. The molecule has 1 fully saturated rings. The van der Waals surface area contributed by atoms with Crippen LogP contribution >= 0.6 is 0 Å². The van der Waals surface area contributed by atoms with E-state index in [-0.39, 0.29) is 5.41 Å². The largest absolute Gasteiger partial charge is 0.373 e. The number of benzene rings is 1. The van der Waals surface area contributed by atoms with Crippen LogP contribution in [0.2, 0.25) is 0 Å². The summed E-state index contributed by atoms with van der Waals surface area (Å²) in [5.41, 5.74) is 4.70. The molecular formula is C21H35NO. The molecule has 0 amide bonds. The lowest BCUT2D eigenvalue weighted by atomic mass is 9.81. The van der Waals surface area contributed by atoms with Gasteiger partial charge in [0.2, 0.25) is 0 Å². The Hall–Kier alpha value is -0.860. The van der Waals surface area contributed by atoms with E-state index in [1.807, 2.05) is 0 Å². The third-order valence-corrected chi connectivity index (χ3v) is 4.89. The van der Waals surface area contributed by atoms with E-state index >= 15 is 0 Å². The van der Waals surface area contributed by atoms with Gasteiger partial charge in [0.05, 0.1) is 12.2 Å². The lowest BCUT2D eigenvalue weighted by Crippen LogP contribution is -2.47. The molecule has 0 aromatic heterocycles. The molecule has 2 heteroatoms. The zero-order valence-corrected chi connectivity index (χ0v) is 16.1. The van der Waals surface area contributed by atoms with Gasteiger partial charge in [-0.25, -0.2) is 0 Å². The van der Waals surface area contributed by atoms with E-state index in [1.54, 1.807) is 0 Å². The van der Waals surface area contributed by atoms with Crippen LogP contribution in [0.25, 0.3) is 0 Å². The number of nitrogens with zero attached hydrogens (tertiary/aromatic N) is 1. The van der Waals surface area contributed by atoms with Gasteiger partial charge in [0.25, 0.3) is 0 Å². The Kier molecular flexibility index (Phi) is 5.91. The van der Waals surface area contributed by atoms with Gasteiger partial charge in [0, 0.05) is 19.6 Å². The predicted octanol–water partition coefficient (Wildman–Crippen LogP) is 4.58. The Labute approximate surface area is 143 Å². The summed E-state index contributed by atoms with van der Waals surface area (Å²) < 4.78 is 5.85. The molecule has 2 rings (SSSR count). The summed E-state index contributed by atoms with van der Waals surface area (Å²) in [6, 6.07) is 6.83. The number of ether oxygens (including phenoxy) is 1. The second-order valence-corrected chi connectivity index (χ2v) is 8.62. The van der Waals surface area contributed by atoms with Crippen LogP contribution in [0, 0.1) is 12.8 Å². The highest BCUT2D eigenvalue weighted by Gasteiger charge is 2.24. The van der Waals surface area contributed by atoms with E-state index in [9.17, 15) is 0 Å². The molecule has 130 valence electrons. The molecular weight excluding hydrogens is 282 g/mol. The van der Waals surface area contributed by atoms with Crippen molar-refractivity contribution in [2.45, 2.75) is 72.5 Å². The fourth-order valence-electron chi connectivity index (χ4n) is 4.03. The third-order valence-electron chi connectivity index (χ3n) is 4.89. The molecule has 0 spiro atoms. The average molecular weight is 318 g/mol. The van der Waals surface area contributed by atoms with Crippen molar-refractivity contribution in [3.63, 3.8) is 0 Å². The van der Waals surface area contributed by atoms with Gasteiger partial charge >= 0.3 is 0 Å². The molecule has 1 heterocycles. The smallest absolute Gasteiger partial charge is 0.0678 e. The van der Waals surface area contributed by atoms with Gasteiger partial charge < -0.3 is 4.74 Å². The fraction of sp³-hybridized carbons (Fsp3) is 0.714. The molecule has 0 radical (unpaired) electrons. The van der Waals surface area contributed by atoms with E-state index in [0.717, 1.165) is 26.1 Å². The number of morpholine rings is 1. The third kappa shape index (κ3) is 5.06. The van der Waals surface area contributed by atoms with Crippen LogP contribution < -0.4 is 0 Å². The topological polar surface area (TPSA) is 12.5 Å². The highest BCUT2D eigenvalue weighted by atomic mass is 16.5. The van der Waals surface area contributed by atoms with Crippen LogP contribution in [-0.4, -0.2) is 36.7 Å². The highest BCUT2D eigenvalue weighted by Crippen LogP contribution is 2.28. The van der Waals surface area contributed by atoms with Crippen LogP contribution in [-0.2, 0) is 16.6 Å². The molecule has 23 heavy (non-hydrogen) atoms. The standard InChI is InChI=1S/C21H35NO/c1-15(12-22-13-16(2)23-17(3)14-22)11-19-9-8-10-20(18(19)4)21(5,6)7/h8-10,15-17H,11-14H2,1-7H3/t15?,16-,17+. The van der Waals surface area contributed by atoms with Crippen molar-refractivity contribution in [3.8, 4) is 0 Å². The zero-order chi connectivity index (χ0) is 17.2. The lowest BCUT2D eigenvalue weighted by molar-refractivity contribution is -0.0709. The van der Waals surface area contributed by atoms with E-state index in [1.165, 1.54) is 16.7 Å². The first-order chi connectivity index (χ1) is 10.7. The summed E-state index contributed by atoms with van der Waals surface area (Å²) >= 11 is 0. The summed E-state index contributed by atoms with van der Waals surface area (Å²) in [4.78, 5) is 2.58. The van der Waals surface area contributed by atoms with Gasteiger partial charge in [-0.1, -0.05) is 45.9 Å². The lowest BCUT2D eigenvalue weighted by Gasteiger charge is -2.36. The maximum Gasteiger partial charge on any atom is 0.0678 e. The Morgan fingerprint density at radius 3 is 2.35 bits per heavy atom. The van der Waals surface area contributed by atoms with E-state index < -0.39 is 0 Å². The zero-order valence-electron chi connectivity index (χ0n) is 16.1. The molecule has 1 aliphatic heterocycles. The maximum atomic E-state index is 5.85. The van der Waals surface area contributed by atoms with E-state index in [0.29, 0.717) is 18.1 Å². The average Bonchev–Trinajstić information content (AvgIpc) is 2.38. The quantitative estimate of drug-likeness (QED) is 0.806. The molecule has 3 atom stereocenters. The molecule has 1 unspecified atom stereocenters. The van der Waals surface area contributed by atoms with E-state index in [2.05, 4.69) is 71.6 Å². The van der Waals surface area contributed by atoms with Crippen LogP contribution in [0.4, 0.5) is 0 Å². The molecule has 1 aliphatic rings. The minimum absolute atomic E-state index is 0.221. The van der Waals surface area contributed by atoms with Crippen LogP contribution in [0.1, 0.15) is 58.2 Å². The number of rotatable bonds is 4. The monoisotopic (exact) mass is 317 g/mol. The summed E-state index contributed by atoms with van der Waals surface area (Å²) in [6.45, 7) is 19.3. The van der Waals surface area contributed by atoms with Crippen LogP contribution in [0.3, 0.4) is 0 Å². The van der Waals surface area contributed by atoms with Crippen molar-refractivity contribution < 1.29 is 4.74 Å². The van der Waals surface area contributed by atoms with Crippen molar-refractivity contribution in [1.82, 2.24) is 4.90 Å². The fourth-order valence-corrected chi connectivity index (χ4v) is 4.03. The molecule has 1 aromatic carbocycles. The van der Waals surface area contributed by atoms with Gasteiger partial charge in [-0.15, -0.1) is 0 Å². The minimum atomic E-state index is 0.221. The van der Waals surface area contributed by atoms with Crippen molar-refractivity contribution in [2.24, 2.45) is 5.92 Å². The molecule has 0 N–H and O–H groups in total. The second-order valence-electron chi connectivity index (χ2n) is 8.62. The van der Waals surface area contributed by atoms with Crippen molar-refractivity contribution in [3.05, 3.63) is 34.9 Å². The number of hydrogen-bond acceptors (Lipinski definition) is 2. The molecule has 0 saturated carbocycles. The molecule has 1 aromatic rings. The summed E-state index contributed by atoms with van der Waals surface area (Å²) in [7, 11) is 0. The SMILES string of the molecule is Cc1c(CC(C)CN2C[C@@H](C)O[C@@H](C)C2)cccc1C(C)(C)C. The van der Waals surface area contributed by atoms with Crippen molar-refractivity contribution in [1.29, 1.82) is 0 Å². The van der Waals surface area contributed by atoms with Crippen molar-refractivity contribution >= 4 is 0 Å². The van der Waals surface area contributed by atoms with Gasteiger partial charge in [-0.3, -0.25) is 4.90 Å². The first-order valence-corrected chi connectivity index (χ1v) is 9.13. The van der Waals surface area contributed by atoms with Gasteiger partial charge in [-0.2, -0.15) is 0 Å². The molecule has 0 bridgehead atoms. The Morgan fingerprint density at radius 2 is 1.78 bits per heavy atom.